The first-order valence-corrected chi connectivity index (χ1v) is 6.52. The van der Waals surface area contributed by atoms with E-state index < -0.39 is 11.1 Å². The Balaban J connectivity index is 2.32. The quantitative estimate of drug-likeness (QED) is 0.617. The lowest BCUT2D eigenvalue weighted by Crippen LogP contribution is -2.45. The highest BCUT2D eigenvalue weighted by Crippen LogP contribution is 2.43. The molecule has 0 aliphatic heterocycles. The van der Waals surface area contributed by atoms with Gasteiger partial charge < -0.3 is 9.13 Å². The average molecular weight is 287 g/mol. The predicted octanol–water partition coefficient (Wildman–Crippen LogP) is 1.11. The zero-order valence-electron chi connectivity index (χ0n) is 9.28. The molecule has 88 valence electrons. The fraction of sp³-hybridized carbons (Fsp3) is 0.636. The first kappa shape index (κ1) is 11.6. The second kappa shape index (κ2) is 4.20. The third-order valence-corrected chi connectivity index (χ3v) is 4.63. The number of rotatable bonds is 3. The summed E-state index contributed by atoms with van der Waals surface area (Å²) in [5.41, 5.74) is -0.695. The average Bonchev–Trinajstić information content (AvgIpc) is 2.23. The van der Waals surface area contributed by atoms with Gasteiger partial charge in [0.25, 0.3) is 0 Å². The smallest absolute Gasteiger partial charge is 0.312 e. The molecule has 0 aromatic carbocycles. The van der Waals surface area contributed by atoms with Crippen molar-refractivity contribution in [3.05, 3.63) is 33.1 Å². The molecule has 1 heterocycles. The van der Waals surface area contributed by atoms with Crippen LogP contribution in [0, 0.1) is 5.41 Å². The maximum Gasteiger partial charge on any atom is 0.316 e. The Kier molecular flexibility index (Phi) is 3.06. The van der Waals surface area contributed by atoms with E-state index in [1.807, 2.05) is 0 Å². The molecule has 1 aromatic rings. The molecule has 0 atom stereocenters. The van der Waals surface area contributed by atoms with Crippen LogP contribution in [-0.4, -0.2) is 14.5 Å². The normalized spacial score (nSPS) is 18.1. The van der Waals surface area contributed by atoms with E-state index in [9.17, 15) is 9.59 Å². The van der Waals surface area contributed by atoms with Gasteiger partial charge in [0, 0.05) is 31.3 Å². The molecule has 1 aliphatic carbocycles. The molecule has 5 heteroatoms. The molecule has 0 amide bonds. The molecule has 4 nitrogen and oxygen atoms in total. The Morgan fingerprint density at radius 3 is 2.50 bits per heavy atom. The van der Waals surface area contributed by atoms with Crippen molar-refractivity contribution in [2.75, 3.05) is 5.33 Å². The number of hydrogen-bond acceptors (Lipinski definition) is 2. The SMILES string of the molecule is Cn1ccn(CC2(CBr)CCC2)c(=O)c1=O. The molecule has 2 rings (SSSR count). The summed E-state index contributed by atoms with van der Waals surface area (Å²) < 4.78 is 2.86. The zero-order valence-corrected chi connectivity index (χ0v) is 10.9. The molecule has 0 saturated heterocycles. The van der Waals surface area contributed by atoms with Crippen LogP contribution in [0.25, 0.3) is 0 Å². The van der Waals surface area contributed by atoms with Gasteiger partial charge in [0.15, 0.2) is 0 Å². The van der Waals surface area contributed by atoms with E-state index in [0.29, 0.717) is 6.54 Å². The van der Waals surface area contributed by atoms with Crippen molar-refractivity contribution >= 4 is 15.9 Å². The summed E-state index contributed by atoms with van der Waals surface area (Å²) in [7, 11) is 1.59. The molecule has 0 bridgehead atoms. The van der Waals surface area contributed by atoms with Crippen LogP contribution in [0.15, 0.2) is 22.0 Å². The van der Waals surface area contributed by atoms with Crippen LogP contribution in [0.1, 0.15) is 19.3 Å². The Morgan fingerprint density at radius 1 is 1.31 bits per heavy atom. The summed E-state index contributed by atoms with van der Waals surface area (Å²) in [6.45, 7) is 0.646. The monoisotopic (exact) mass is 286 g/mol. The van der Waals surface area contributed by atoms with Gasteiger partial charge in [0.2, 0.25) is 0 Å². The molecular weight excluding hydrogens is 272 g/mol. The second-order valence-electron chi connectivity index (χ2n) is 4.63. The number of aromatic nitrogens is 2. The molecule has 0 unspecified atom stereocenters. The highest BCUT2D eigenvalue weighted by molar-refractivity contribution is 9.09. The van der Waals surface area contributed by atoms with E-state index in [0.717, 1.165) is 18.2 Å². The maximum absolute atomic E-state index is 11.7. The van der Waals surface area contributed by atoms with Crippen LogP contribution in [0.3, 0.4) is 0 Å². The summed E-state index contributed by atoms with van der Waals surface area (Å²) in [5, 5.41) is 0.891. The second-order valence-corrected chi connectivity index (χ2v) is 5.20. The molecule has 0 radical (unpaired) electrons. The Labute approximate surface area is 102 Å². The van der Waals surface area contributed by atoms with E-state index in [4.69, 9.17) is 0 Å². The number of nitrogens with zero attached hydrogens (tertiary/aromatic N) is 2. The minimum Gasteiger partial charge on any atom is -0.312 e. The highest BCUT2D eigenvalue weighted by atomic mass is 79.9. The molecule has 16 heavy (non-hydrogen) atoms. The van der Waals surface area contributed by atoms with Crippen LogP contribution in [-0.2, 0) is 13.6 Å². The molecule has 1 fully saturated rings. The summed E-state index contributed by atoms with van der Waals surface area (Å²) >= 11 is 3.50. The lowest BCUT2D eigenvalue weighted by atomic mass is 9.70. The summed E-state index contributed by atoms with van der Waals surface area (Å²) in [5.74, 6) is 0. The summed E-state index contributed by atoms with van der Waals surface area (Å²) in [6.07, 6.45) is 6.81. The van der Waals surface area contributed by atoms with Crippen LogP contribution in [0.5, 0.6) is 0 Å². The predicted molar refractivity (Wildman–Crippen MR) is 66.0 cm³/mol. The fourth-order valence-electron chi connectivity index (χ4n) is 2.09. The van der Waals surface area contributed by atoms with Crippen LogP contribution >= 0.6 is 15.9 Å². The Bertz CT molecular complexity index is 494. The third-order valence-electron chi connectivity index (χ3n) is 3.44. The van der Waals surface area contributed by atoms with E-state index in [2.05, 4.69) is 15.9 Å². The zero-order chi connectivity index (χ0) is 11.8. The molecule has 1 aliphatic rings. The van der Waals surface area contributed by atoms with Crippen molar-refractivity contribution < 1.29 is 0 Å². The van der Waals surface area contributed by atoms with Crippen LogP contribution < -0.4 is 11.1 Å². The molecule has 1 aromatic heterocycles. The van der Waals surface area contributed by atoms with Gasteiger partial charge in [0.1, 0.15) is 0 Å². The van der Waals surface area contributed by atoms with Gasteiger partial charge in [-0.15, -0.1) is 0 Å². The van der Waals surface area contributed by atoms with Gasteiger partial charge in [-0.25, -0.2) is 0 Å². The number of halogens is 1. The van der Waals surface area contributed by atoms with Gasteiger partial charge >= 0.3 is 11.1 Å². The van der Waals surface area contributed by atoms with Crippen molar-refractivity contribution in [1.29, 1.82) is 0 Å². The minimum absolute atomic E-state index is 0.177. The van der Waals surface area contributed by atoms with Gasteiger partial charge in [-0.05, 0) is 18.3 Å². The molecule has 0 N–H and O–H groups in total. The number of aryl methyl sites for hydroxylation is 1. The topological polar surface area (TPSA) is 44.0 Å². The minimum atomic E-state index is -0.452. The first-order valence-electron chi connectivity index (χ1n) is 5.40. The van der Waals surface area contributed by atoms with E-state index in [1.54, 1.807) is 24.0 Å². The van der Waals surface area contributed by atoms with E-state index in [1.165, 1.54) is 11.0 Å². The Hall–Kier alpha value is -0.840. The molecule has 0 spiro atoms. The van der Waals surface area contributed by atoms with Crippen LogP contribution in [0.4, 0.5) is 0 Å². The number of hydrogen-bond donors (Lipinski definition) is 0. The van der Waals surface area contributed by atoms with Gasteiger partial charge in [-0.3, -0.25) is 9.59 Å². The summed E-state index contributed by atoms with van der Waals surface area (Å²) in [6, 6.07) is 0. The van der Waals surface area contributed by atoms with Crippen molar-refractivity contribution in [1.82, 2.24) is 9.13 Å². The lowest BCUT2D eigenvalue weighted by molar-refractivity contribution is 0.138. The molecule has 1 saturated carbocycles. The largest absolute Gasteiger partial charge is 0.316 e. The standard InChI is InChI=1S/C11H15BrN2O2/c1-13-5-6-14(10(16)9(13)15)8-11(7-12)3-2-4-11/h5-6H,2-4,7-8H2,1H3. The van der Waals surface area contributed by atoms with Crippen molar-refractivity contribution in [3.63, 3.8) is 0 Å². The molecular formula is C11H15BrN2O2. The van der Waals surface area contributed by atoms with Crippen LogP contribution in [0.2, 0.25) is 0 Å². The van der Waals surface area contributed by atoms with Crippen molar-refractivity contribution in [3.8, 4) is 0 Å². The first-order chi connectivity index (χ1) is 7.58. The van der Waals surface area contributed by atoms with Crippen molar-refractivity contribution in [2.24, 2.45) is 12.5 Å². The maximum atomic E-state index is 11.7. The Morgan fingerprint density at radius 2 is 2.00 bits per heavy atom. The van der Waals surface area contributed by atoms with Gasteiger partial charge in [-0.2, -0.15) is 0 Å². The van der Waals surface area contributed by atoms with E-state index in [-0.39, 0.29) is 5.41 Å². The van der Waals surface area contributed by atoms with Gasteiger partial charge in [-0.1, -0.05) is 22.4 Å². The summed E-state index contributed by atoms with van der Waals surface area (Å²) in [4.78, 5) is 23.2. The van der Waals surface area contributed by atoms with Gasteiger partial charge in [0.05, 0.1) is 0 Å². The number of alkyl halides is 1. The fourth-order valence-corrected chi connectivity index (χ4v) is 2.82. The third kappa shape index (κ3) is 1.88. The van der Waals surface area contributed by atoms with Crippen molar-refractivity contribution in [2.45, 2.75) is 25.8 Å². The van der Waals surface area contributed by atoms with E-state index >= 15 is 0 Å². The highest BCUT2D eigenvalue weighted by Gasteiger charge is 2.36. The lowest BCUT2D eigenvalue weighted by Gasteiger charge is -2.40.